The lowest BCUT2D eigenvalue weighted by atomic mass is 10.0. The zero-order valence-electron chi connectivity index (χ0n) is 15.0. The first kappa shape index (κ1) is 20.7. The Hall–Kier alpha value is -1.38. The number of anilines is 1. The van der Waals surface area contributed by atoms with E-state index in [1.54, 1.807) is 14.2 Å². The molecular weight excluding hydrogens is 419 g/mol. The third-order valence-corrected chi connectivity index (χ3v) is 4.10. The molecule has 0 atom stereocenters. The molecule has 0 aromatic heterocycles. The average Bonchev–Trinajstić information content (AvgIpc) is 2.61. The summed E-state index contributed by atoms with van der Waals surface area (Å²) in [5, 5.41) is 6.73. The SMILES string of the molecule is CCNC(=NC)NC1CCN(c2cc(OC)cc(OC)c2)CC1.I. The predicted octanol–water partition coefficient (Wildman–Crippen LogP) is 2.48. The van der Waals surface area contributed by atoms with Crippen molar-refractivity contribution in [2.24, 2.45) is 4.99 Å². The molecule has 0 spiro atoms. The van der Waals surface area contributed by atoms with Gasteiger partial charge in [0, 0.05) is 56.6 Å². The van der Waals surface area contributed by atoms with Crippen LogP contribution in [0.1, 0.15) is 19.8 Å². The predicted molar refractivity (Wildman–Crippen MR) is 110 cm³/mol. The van der Waals surface area contributed by atoms with Crippen LogP contribution in [-0.4, -0.2) is 52.9 Å². The lowest BCUT2D eigenvalue weighted by molar-refractivity contribution is 0.393. The average molecular weight is 448 g/mol. The van der Waals surface area contributed by atoms with Gasteiger partial charge in [-0.25, -0.2) is 0 Å². The maximum atomic E-state index is 5.36. The van der Waals surface area contributed by atoms with Gasteiger partial charge in [0.1, 0.15) is 11.5 Å². The molecular formula is C17H29IN4O2. The molecule has 6 nitrogen and oxygen atoms in total. The summed E-state index contributed by atoms with van der Waals surface area (Å²) in [6, 6.07) is 6.48. The van der Waals surface area contributed by atoms with Gasteiger partial charge in [-0.05, 0) is 19.8 Å². The van der Waals surface area contributed by atoms with Crippen molar-refractivity contribution in [3.63, 3.8) is 0 Å². The number of guanidine groups is 1. The Morgan fingerprint density at radius 2 is 1.75 bits per heavy atom. The van der Waals surface area contributed by atoms with Crippen molar-refractivity contribution in [2.75, 3.05) is 45.8 Å². The number of methoxy groups -OCH3 is 2. The summed E-state index contributed by atoms with van der Waals surface area (Å²) in [6.07, 6.45) is 2.15. The zero-order chi connectivity index (χ0) is 16.7. The number of ether oxygens (including phenoxy) is 2. The Kier molecular flexibility index (Phi) is 9.02. The van der Waals surface area contributed by atoms with Crippen molar-refractivity contribution >= 4 is 35.6 Å². The summed E-state index contributed by atoms with van der Waals surface area (Å²) in [4.78, 5) is 6.62. The second-order valence-corrected chi connectivity index (χ2v) is 5.58. The highest BCUT2D eigenvalue weighted by Gasteiger charge is 2.21. The molecule has 1 aliphatic rings. The Balaban J connectivity index is 0.00000288. The van der Waals surface area contributed by atoms with Crippen LogP contribution in [0.2, 0.25) is 0 Å². The molecule has 7 heteroatoms. The molecule has 1 heterocycles. The van der Waals surface area contributed by atoms with E-state index < -0.39 is 0 Å². The summed E-state index contributed by atoms with van der Waals surface area (Å²) in [5.74, 6) is 2.54. The van der Waals surface area contributed by atoms with E-state index in [0.29, 0.717) is 6.04 Å². The number of aliphatic imine (C=N–C) groups is 1. The summed E-state index contributed by atoms with van der Waals surface area (Å²) < 4.78 is 10.7. The van der Waals surface area contributed by atoms with Gasteiger partial charge < -0.3 is 25.0 Å². The summed E-state index contributed by atoms with van der Waals surface area (Å²) in [6.45, 7) is 4.95. The van der Waals surface area contributed by atoms with Gasteiger partial charge in [0.2, 0.25) is 0 Å². The first-order valence-electron chi connectivity index (χ1n) is 8.15. The number of halogens is 1. The molecule has 1 saturated heterocycles. The molecule has 0 radical (unpaired) electrons. The van der Waals surface area contributed by atoms with Gasteiger partial charge in [-0.15, -0.1) is 24.0 Å². The van der Waals surface area contributed by atoms with Crippen LogP contribution in [0.3, 0.4) is 0 Å². The Labute approximate surface area is 162 Å². The monoisotopic (exact) mass is 448 g/mol. The summed E-state index contributed by atoms with van der Waals surface area (Å²) >= 11 is 0. The van der Waals surface area contributed by atoms with E-state index in [1.807, 2.05) is 13.1 Å². The van der Waals surface area contributed by atoms with Gasteiger partial charge in [0.25, 0.3) is 0 Å². The van der Waals surface area contributed by atoms with E-state index in [4.69, 9.17) is 9.47 Å². The minimum atomic E-state index is 0. The third-order valence-electron chi connectivity index (χ3n) is 4.10. The molecule has 0 aliphatic carbocycles. The van der Waals surface area contributed by atoms with Crippen LogP contribution in [0.25, 0.3) is 0 Å². The molecule has 0 bridgehead atoms. The number of hydrogen-bond donors (Lipinski definition) is 2. The van der Waals surface area contributed by atoms with Crippen LogP contribution in [0.4, 0.5) is 5.69 Å². The maximum Gasteiger partial charge on any atom is 0.191 e. The van der Waals surface area contributed by atoms with Gasteiger partial charge >= 0.3 is 0 Å². The van der Waals surface area contributed by atoms with Crippen LogP contribution in [0.5, 0.6) is 11.5 Å². The maximum absolute atomic E-state index is 5.36. The Morgan fingerprint density at radius 1 is 1.17 bits per heavy atom. The second kappa shape index (κ2) is 10.5. The highest BCUT2D eigenvalue weighted by atomic mass is 127. The van der Waals surface area contributed by atoms with Crippen LogP contribution >= 0.6 is 24.0 Å². The van der Waals surface area contributed by atoms with E-state index >= 15 is 0 Å². The van der Waals surface area contributed by atoms with E-state index in [9.17, 15) is 0 Å². The van der Waals surface area contributed by atoms with Gasteiger partial charge in [0.05, 0.1) is 14.2 Å². The number of rotatable bonds is 5. The normalized spacial score (nSPS) is 15.5. The van der Waals surface area contributed by atoms with Crippen molar-refractivity contribution < 1.29 is 9.47 Å². The van der Waals surface area contributed by atoms with E-state index in [-0.39, 0.29) is 24.0 Å². The molecule has 0 unspecified atom stereocenters. The highest BCUT2D eigenvalue weighted by molar-refractivity contribution is 14.0. The van der Waals surface area contributed by atoms with Crippen LogP contribution in [0.15, 0.2) is 23.2 Å². The number of hydrogen-bond acceptors (Lipinski definition) is 4. The smallest absolute Gasteiger partial charge is 0.191 e. The fourth-order valence-electron chi connectivity index (χ4n) is 2.81. The van der Waals surface area contributed by atoms with E-state index in [1.165, 1.54) is 0 Å². The summed E-state index contributed by atoms with van der Waals surface area (Å²) in [5.41, 5.74) is 1.15. The van der Waals surface area contributed by atoms with Crippen molar-refractivity contribution in [1.82, 2.24) is 10.6 Å². The lowest BCUT2D eigenvalue weighted by Crippen LogP contribution is -2.48. The van der Waals surface area contributed by atoms with Crippen molar-refractivity contribution in [3.8, 4) is 11.5 Å². The minimum Gasteiger partial charge on any atom is -0.497 e. The molecule has 1 fully saturated rings. The number of benzene rings is 1. The molecule has 2 N–H and O–H groups in total. The third kappa shape index (κ3) is 5.61. The van der Waals surface area contributed by atoms with Crippen LogP contribution in [-0.2, 0) is 0 Å². The van der Waals surface area contributed by atoms with Gasteiger partial charge in [-0.2, -0.15) is 0 Å². The Morgan fingerprint density at radius 3 is 2.21 bits per heavy atom. The first-order chi connectivity index (χ1) is 11.2. The van der Waals surface area contributed by atoms with E-state index in [0.717, 1.165) is 55.6 Å². The van der Waals surface area contributed by atoms with E-state index in [2.05, 4.69) is 39.6 Å². The molecule has 1 aromatic carbocycles. The molecule has 1 aliphatic heterocycles. The van der Waals surface area contributed by atoms with Crippen LogP contribution < -0.4 is 25.0 Å². The largest absolute Gasteiger partial charge is 0.497 e. The number of nitrogens with one attached hydrogen (secondary N) is 2. The molecule has 0 saturated carbocycles. The van der Waals surface area contributed by atoms with Crippen molar-refractivity contribution in [3.05, 3.63) is 18.2 Å². The number of piperidine rings is 1. The molecule has 2 rings (SSSR count). The molecule has 136 valence electrons. The fraction of sp³-hybridized carbons (Fsp3) is 0.588. The summed E-state index contributed by atoms with van der Waals surface area (Å²) in [7, 11) is 5.17. The molecule has 1 aromatic rings. The lowest BCUT2D eigenvalue weighted by Gasteiger charge is -2.34. The van der Waals surface area contributed by atoms with Gasteiger partial charge in [-0.1, -0.05) is 0 Å². The van der Waals surface area contributed by atoms with Crippen LogP contribution in [0, 0.1) is 0 Å². The van der Waals surface area contributed by atoms with Crippen molar-refractivity contribution in [2.45, 2.75) is 25.8 Å². The Bertz CT molecular complexity index is 509. The van der Waals surface area contributed by atoms with Crippen molar-refractivity contribution in [1.29, 1.82) is 0 Å². The second-order valence-electron chi connectivity index (χ2n) is 5.58. The quantitative estimate of drug-likeness (QED) is 0.412. The fourth-order valence-corrected chi connectivity index (χ4v) is 2.81. The topological polar surface area (TPSA) is 58.1 Å². The molecule has 24 heavy (non-hydrogen) atoms. The number of nitrogens with zero attached hydrogens (tertiary/aromatic N) is 2. The van der Waals surface area contributed by atoms with Gasteiger partial charge in [0.15, 0.2) is 5.96 Å². The standard InChI is InChI=1S/C17H28N4O2.HI/c1-5-19-17(18-2)20-13-6-8-21(9-7-13)14-10-15(22-3)12-16(11-14)23-4;/h10-13H,5-9H2,1-4H3,(H2,18,19,20);1H. The highest BCUT2D eigenvalue weighted by Crippen LogP contribution is 2.30. The van der Waals surface area contributed by atoms with Gasteiger partial charge in [-0.3, -0.25) is 4.99 Å². The molecule has 0 amide bonds. The first-order valence-corrected chi connectivity index (χ1v) is 8.15. The zero-order valence-corrected chi connectivity index (χ0v) is 17.3. The minimum absolute atomic E-state index is 0.